The molecule has 2 aromatic carbocycles. The molecule has 20 heavy (non-hydrogen) atoms. The molecule has 0 aliphatic carbocycles. The van der Waals surface area contributed by atoms with Crippen molar-refractivity contribution in [2.45, 2.75) is 25.9 Å². The molecule has 0 spiro atoms. The van der Waals surface area contributed by atoms with Crippen LogP contribution in [-0.4, -0.2) is 12.2 Å². The van der Waals surface area contributed by atoms with Gasteiger partial charge in [-0.05, 0) is 51.2 Å². The van der Waals surface area contributed by atoms with Gasteiger partial charge in [0.05, 0.1) is 17.7 Å². The molecule has 0 aliphatic rings. The lowest BCUT2D eigenvalue weighted by Gasteiger charge is -2.15. The highest BCUT2D eigenvalue weighted by Crippen LogP contribution is 2.28. The Kier molecular flexibility index (Phi) is 5.21. The first kappa shape index (κ1) is 15.1. The average Bonchev–Trinajstić information content (AvgIpc) is 2.47. The number of benzene rings is 2. The summed E-state index contributed by atoms with van der Waals surface area (Å²) in [5.74, 6) is 0.803. The number of rotatable bonds is 5. The summed E-state index contributed by atoms with van der Waals surface area (Å²) in [7, 11) is 1.64. The Hall–Kier alpha value is -1.32. The molecule has 106 valence electrons. The summed E-state index contributed by atoms with van der Waals surface area (Å²) in [5.41, 5.74) is 3.30. The van der Waals surface area contributed by atoms with Crippen LogP contribution in [0.5, 0.6) is 5.75 Å². The smallest absolute Gasteiger partial charge is 0.133 e. The fourth-order valence-electron chi connectivity index (χ4n) is 2.35. The third-order valence-electron chi connectivity index (χ3n) is 3.44. The SMILES string of the molecule is CCc1ccccc1C(O)Cc1ccc(OC)c(Br)c1. The zero-order chi connectivity index (χ0) is 14.5. The Labute approximate surface area is 128 Å². The molecule has 0 amide bonds. The van der Waals surface area contributed by atoms with E-state index in [0.29, 0.717) is 6.42 Å². The van der Waals surface area contributed by atoms with Gasteiger partial charge in [-0.2, -0.15) is 0 Å². The molecule has 2 nitrogen and oxygen atoms in total. The van der Waals surface area contributed by atoms with Crippen molar-refractivity contribution in [3.8, 4) is 5.75 Å². The lowest BCUT2D eigenvalue weighted by Crippen LogP contribution is -2.05. The van der Waals surface area contributed by atoms with E-state index >= 15 is 0 Å². The van der Waals surface area contributed by atoms with E-state index in [9.17, 15) is 5.11 Å². The van der Waals surface area contributed by atoms with E-state index in [2.05, 4.69) is 28.9 Å². The Morgan fingerprint density at radius 2 is 1.95 bits per heavy atom. The van der Waals surface area contributed by atoms with Crippen LogP contribution in [0.3, 0.4) is 0 Å². The first-order valence-electron chi connectivity index (χ1n) is 6.74. The molecule has 1 N–H and O–H groups in total. The maximum absolute atomic E-state index is 10.5. The van der Waals surface area contributed by atoms with Gasteiger partial charge in [0.2, 0.25) is 0 Å². The van der Waals surface area contributed by atoms with Crippen molar-refractivity contribution >= 4 is 15.9 Å². The van der Waals surface area contributed by atoms with Crippen LogP contribution in [0.2, 0.25) is 0 Å². The van der Waals surface area contributed by atoms with Crippen LogP contribution < -0.4 is 4.74 Å². The average molecular weight is 335 g/mol. The van der Waals surface area contributed by atoms with Crippen LogP contribution in [0.15, 0.2) is 46.9 Å². The van der Waals surface area contributed by atoms with Gasteiger partial charge in [0, 0.05) is 6.42 Å². The molecule has 0 aromatic heterocycles. The van der Waals surface area contributed by atoms with Crippen molar-refractivity contribution in [2.24, 2.45) is 0 Å². The van der Waals surface area contributed by atoms with Gasteiger partial charge < -0.3 is 9.84 Å². The van der Waals surface area contributed by atoms with Crippen LogP contribution in [0.25, 0.3) is 0 Å². The number of halogens is 1. The van der Waals surface area contributed by atoms with Gasteiger partial charge in [-0.15, -0.1) is 0 Å². The van der Waals surface area contributed by atoms with E-state index in [-0.39, 0.29) is 0 Å². The Morgan fingerprint density at radius 1 is 1.20 bits per heavy atom. The Morgan fingerprint density at radius 3 is 2.60 bits per heavy atom. The van der Waals surface area contributed by atoms with E-state index in [1.807, 2.05) is 36.4 Å². The van der Waals surface area contributed by atoms with Gasteiger partial charge in [0.1, 0.15) is 5.75 Å². The van der Waals surface area contributed by atoms with Crippen LogP contribution >= 0.6 is 15.9 Å². The van der Waals surface area contributed by atoms with Gasteiger partial charge in [-0.1, -0.05) is 37.3 Å². The fraction of sp³-hybridized carbons (Fsp3) is 0.294. The summed E-state index contributed by atoms with van der Waals surface area (Å²) in [6.45, 7) is 2.11. The summed E-state index contributed by atoms with van der Waals surface area (Å²) in [4.78, 5) is 0. The van der Waals surface area contributed by atoms with E-state index in [4.69, 9.17) is 4.74 Å². The van der Waals surface area contributed by atoms with E-state index in [1.54, 1.807) is 7.11 Å². The van der Waals surface area contributed by atoms with Crippen molar-refractivity contribution in [1.82, 2.24) is 0 Å². The van der Waals surface area contributed by atoms with Crippen LogP contribution in [0.4, 0.5) is 0 Å². The number of methoxy groups -OCH3 is 1. The van der Waals surface area contributed by atoms with E-state index in [0.717, 1.165) is 27.8 Å². The number of aryl methyl sites for hydroxylation is 1. The number of hydrogen-bond acceptors (Lipinski definition) is 2. The molecule has 0 saturated carbocycles. The summed E-state index contributed by atoms with van der Waals surface area (Å²) >= 11 is 3.47. The molecule has 0 heterocycles. The largest absolute Gasteiger partial charge is 0.496 e. The monoisotopic (exact) mass is 334 g/mol. The quantitative estimate of drug-likeness (QED) is 0.883. The predicted octanol–water partition coefficient (Wildman–Crippen LogP) is 4.30. The molecule has 3 heteroatoms. The molecule has 1 atom stereocenters. The minimum Gasteiger partial charge on any atom is -0.496 e. The lowest BCUT2D eigenvalue weighted by atomic mass is 9.96. The van der Waals surface area contributed by atoms with Gasteiger partial charge >= 0.3 is 0 Å². The lowest BCUT2D eigenvalue weighted by molar-refractivity contribution is 0.177. The predicted molar refractivity (Wildman–Crippen MR) is 85.2 cm³/mol. The van der Waals surface area contributed by atoms with Crippen molar-refractivity contribution in [3.05, 3.63) is 63.6 Å². The number of aliphatic hydroxyl groups excluding tert-OH is 1. The molecule has 0 fully saturated rings. The van der Waals surface area contributed by atoms with Gasteiger partial charge in [-0.3, -0.25) is 0 Å². The fourth-order valence-corrected chi connectivity index (χ4v) is 2.94. The highest BCUT2D eigenvalue weighted by atomic mass is 79.9. The molecule has 0 radical (unpaired) electrons. The highest BCUT2D eigenvalue weighted by molar-refractivity contribution is 9.10. The first-order chi connectivity index (χ1) is 9.65. The minimum absolute atomic E-state index is 0.480. The maximum atomic E-state index is 10.5. The van der Waals surface area contributed by atoms with Crippen molar-refractivity contribution < 1.29 is 9.84 Å². The standard InChI is InChI=1S/C17H19BrO2/c1-3-13-6-4-5-7-14(13)16(19)11-12-8-9-17(20-2)15(18)10-12/h4-10,16,19H,3,11H2,1-2H3. The van der Waals surface area contributed by atoms with Gasteiger partial charge in [0.25, 0.3) is 0 Å². The van der Waals surface area contributed by atoms with Crippen LogP contribution in [0, 0.1) is 0 Å². The highest BCUT2D eigenvalue weighted by Gasteiger charge is 2.12. The second kappa shape index (κ2) is 6.91. The van der Waals surface area contributed by atoms with Gasteiger partial charge in [0.15, 0.2) is 0 Å². The molecule has 2 aromatic rings. The first-order valence-corrected chi connectivity index (χ1v) is 7.53. The molecule has 0 aliphatic heterocycles. The summed E-state index contributed by atoms with van der Waals surface area (Å²) in [6, 6.07) is 14.0. The van der Waals surface area contributed by atoms with E-state index < -0.39 is 6.10 Å². The zero-order valence-corrected chi connectivity index (χ0v) is 13.4. The second-order valence-electron chi connectivity index (χ2n) is 4.74. The number of aliphatic hydroxyl groups is 1. The van der Waals surface area contributed by atoms with Crippen LogP contribution in [-0.2, 0) is 12.8 Å². The molecular weight excluding hydrogens is 316 g/mol. The Balaban J connectivity index is 2.19. The number of ether oxygens (including phenoxy) is 1. The minimum atomic E-state index is -0.480. The normalized spacial score (nSPS) is 12.2. The number of hydrogen-bond donors (Lipinski definition) is 1. The Bertz CT molecular complexity index is 581. The van der Waals surface area contributed by atoms with Gasteiger partial charge in [-0.25, -0.2) is 0 Å². The zero-order valence-electron chi connectivity index (χ0n) is 11.8. The molecule has 0 saturated heterocycles. The molecular formula is C17H19BrO2. The second-order valence-corrected chi connectivity index (χ2v) is 5.60. The molecule has 2 rings (SSSR count). The van der Waals surface area contributed by atoms with Crippen LogP contribution in [0.1, 0.15) is 29.7 Å². The third kappa shape index (κ3) is 3.41. The van der Waals surface area contributed by atoms with E-state index in [1.165, 1.54) is 5.56 Å². The maximum Gasteiger partial charge on any atom is 0.133 e. The van der Waals surface area contributed by atoms with Crippen molar-refractivity contribution in [2.75, 3.05) is 7.11 Å². The molecule has 1 unspecified atom stereocenters. The topological polar surface area (TPSA) is 29.5 Å². The summed E-state index contributed by atoms with van der Waals surface area (Å²) < 4.78 is 6.13. The summed E-state index contributed by atoms with van der Waals surface area (Å²) in [6.07, 6.45) is 1.05. The van der Waals surface area contributed by atoms with Crippen molar-refractivity contribution in [3.63, 3.8) is 0 Å². The molecule has 0 bridgehead atoms. The third-order valence-corrected chi connectivity index (χ3v) is 4.06. The summed E-state index contributed by atoms with van der Waals surface area (Å²) in [5, 5.41) is 10.5. The van der Waals surface area contributed by atoms with Crippen molar-refractivity contribution in [1.29, 1.82) is 0 Å².